The van der Waals surface area contributed by atoms with Crippen molar-refractivity contribution in [2.45, 2.75) is 6.92 Å². The summed E-state index contributed by atoms with van der Waals surface area (Å²) in [5, 5.41) is 8.51. The van der Waals surface area contributed by atoms with Gasteiger partial charge in [0.05, 0.1) is 12.7 Å². The molecule has 0 saturated heterocycles. The zero-order valence-corrected chi connectivity index (χ0v) is 9.56. The van der Waals surface area contributed by atoms with Crippen LogP contribution in [0.25, 0.3) is 10.9 Å². The van der Waals surface area contributed by atoms with Crippen molar-refractivity contribution >= 4 is 22.8 Å². The lowest BCUT2D eigenvalue weighted by Crippen LogP contribution is -2.00. The second kappa shape index (κ2) is 5.69. The molecule has 2 N–H and O–H groups in total. The number of H-pyrrole nitrogens is 1. The van der Waals surface area contributed by atoms with Gasteiger partial charge in [-0.15, -0.1) is 0 Å². The minimum absolute atomic E-state index is 0.309. The number of aliphatic carboxylic acids is 1. The summed E-state index contributed by atoms with van der Waals surface area (Å²) in [6.07, 6.45) is 1.84. The van der Waals surface area contributed by atoms with E-state index in [4.69, 9.17) is 9.90 Å². The SMILES string of the molecule is CC(=O)O.COC(=O)c1ccc2cc[nH]c2c1. The number of ether oxygens (including phenoxy) is 1. The Balaban J connectivity index is 0.000000317. The number of aromatic amines is 1. The van der Waals surface area contributed by atoms with Gasteiger partial charge in [-0.25, -0.2) is 4.79 Å². The van der Waals surface area contributed by atoms with Crippen molar-refractivity contribution in [2.24, 2.45) is 0 Å². The lowest BCUT2D eigenvalue weighted by atomic mass is 10.2. The summed E-state index contributed by atoms with van der Waals surface area (Å²) in [4.78, 5) is 23.2. The Morgan fingerprint density at radius 1 is 1.29 bits per heavy atom. The van der Waals surface area contributed by atoms with Gasteiger partial charge in [0.25, 0.3) is 5.97 Å². The average molecular weight is 235 g/mol. The molecule has 2 aromatic rings. The van der Waals surface area contributed by atoms with Crippen molar-refractivity contribution in [3.63, 3.8) is 0 Å². The Hall–Kier alpha value is -2.30. The highest BCUT2D eigenvalue weighted by Gasteiger charge is 2.05. The molecular formula is C12H13NO4. The number of hydrogen-bond acceptors (Lipinski definition) is 3. The number of esters is 1. The first kappa shape index (κ1) is 12.8. The van der Waals surface area contributed by atoms with E-state index in [1.165, 1.54) is 7.11 Å². The highest BCUT2D eigenvalue weighted by atomic mass is 16.5. The molecule has 1 aromatic carbocycles. The summed E-state index contributed by atoms with van der Waals surface area (Å²) in [5.74, 6) is -1.14. The van der Waals surface area contributed by atoms with Gasteiger partial charge >= 0.3 is 5.97 Å². The molecule has 5 nitrogen and oxygen atoms in total. The molecule has 1 aromatic heterocycles. The molecule has 5 heteroatoms. The fourth-order valence-electron chi connectivity index (χ4n) is 1.29. The van der Waals surface area contributed by atoms with Gasteiger partial charge in [0.2, 0.25) is 0 Å². The van der Waals surface area contributed by atoms with Crippen LogP contribution in [0.5, 0.6) is 0 Å². The van der Waals surface area contributed by atoms with E-state index >= 15 is 0 Å². The van der Waals surface area contributed by atoms with Crippen LogP contribution >= 0.6 is 0 Å². The monoisotopic (exact) mass is 235 g/mol. The first-order valence-electron chi connectivity index (χ1n) is 4.89. The average Bonchev–Trinajstić information content (AvgIpc) is 2.74. The lowest BCUT2D eigenvalue weighted by Gasteiger charge is -1.98. The largest absolute Gasteiger partial charge is 0.481 e. The van der Waals surface area contributed by atoms with Gasteiger partial charge in [-0.3, -0.25) is 4.79 Å². The number of carboxylic acids is 1. The maximum absolute atomic E-state index is 11.1. The topological polar surface area (TPSA) is 79.4 Å². The van der Waals surface area contributed by atoms with Crippen molar-refractivity contribution in [1.29, 1.82) is 0 Å². The van der Waals surface area contributed by atoms with E-state index in [0.717, 1.165) is 17.8 Å². The van der Waals surface area contributed by atoms with E-state index in [9.17, 15) is 4.79 Å². The molecule has 2 rings (SSSR count). The van der Waals surface area contributed by atoms with Crippen molar-refractivity contribution in [3.8, 4) is 0 Å². The van der Waals surface area contributed by atoms with Crippen LogP contribution in [-0.2, 0) is 9.53 Å². The minimum atomic E-state index is -0.833. The van der Waals surface area contributed by atoms with Gasteiger partial charge in [-0.2, -0.15) is 0 Å². The second-order valence-electron chi connectivity index (χ2n) is 3.29. The molecule has 0 atom stereocenters. The van der Waals surface area contributed by atoms with E-state index in [2.05, 4.69) is 9.72 Å². The molecule has 0 spiro atoms. The highest BCUT2D eigenvalue weighted by Crippen LogP contribution is 2.14. The van der Waals surface area contributed by atoms with Gasteiger partial charge in [-0.1, -0.05) is 6.07 Å². The summed E-state index contributed by atoms with van der Waals surface area (Å²) < 4.78 is 4.61. The molecule has 17 heavy (non-hydrogen) atoms. The van der Waals surface area contributed by atoms with Gasteiger partial charge in [-0.05, 0) is 23.6 Å². The predicted octanol–water partition coefficient (Wildman–Crippen LogP) is 2.05. The van der Waals surface area contributed by atoms with Crippen molar-refractivity contribution in [1.82, 2.24) is 4.98 Å². The Morgan fingerprint density at radius 2 is 1.94 bits per heavy atom. The summed E-state index contributed by atoms with van der Waals surface area (Å²) >= 11 is 0. The van der Waals surface area contributed by atoms with Crippen LogP contribution in [0.2, 0.25) is 0 Å². The van der Waals surface area contributed by atoms with Gasteiger partial charge in [0, 0.05) is 18.6 Å². The van der Waals surface area contributed by atoms with E-state index in [-0.39, 0.29) is 5.97 Å². The third-order valence-electron chi connectivity index (χ3n) is 1.98. The van der Waals surface area contributed by atoms with Gasteiger partial charge in [0.1, 0.15) is 0 Å². The number of carbonyl (C=O) groups excluding carboxylic acids is 1. The Labute approximate surface area is 98.0 Å². The molecule has 1 heterocycles. The van der Waals surface area contributed by atoms with Crippen molar-refractivity contribution in [3.05, 3.63) is 36.0 Å². The van der Waals surface area contributed by atoms with Crippen LogP contribution in [0.4, 0.5) is 0 Å². The van der Waals surface area contributed by atoms with Gasteiger partial charge < -0.3 is 14.8 Å². The smallest absolute Gasteiger partial charge is 0.337 e. The number of carboxylic acid groups (broad SMARTS) is 1. The van der Waals surface area contributed by atoms with Crippen molar-refractivity contribution in [2.75, 3.05) is 7.11 Å². The molecular weight excluding hydrogens is 222 g/mol. The van der Waals surface area contributed by atoms with Crippen LogP contribution < -0.4 is 0 Å². The summed E-state index contributed by atoms with van der Waals surface area (Å²) in [5.41, 5.74) is 1.51. The number of carbonyl (C=O) groups is 2. The van der Waals surface area contributed by atoms with E-state index < -0.39 is 5.97 Å². The zero-order chi connectivity index (χ0) is 12.8. The number of fused-ring (bicyclic) bond motifs is 1. The fraction of sp³-hybridized carbons (Fsp3) is 0.167. The number of aromatic nitrogens is 1. The van der Waals surface area contributed by atoms with Crippen LogP contribution in [-0.4, -0.2) is 29.1 Å². The summed E-state index contributed by atoms with van der Waals surface area (Å²) in [6, 6.07) is 7.37. The first-order chi connectivity index (χ1) is 8.04. The third kappa shape index (κ3) is 3.64. The molecule has 0 amide bonds. The molecule has 0 aliphatic heterocycles. The molecule has 0 unspecified atom stereocenters. The molecule has 0 aliphatic carbocycles. The third-order valence-corrected chi connectivity index (χ3v) is 1.98. The van der Waals surface area contributed by atoms with Crippen LogP contribution in [0.3, 0.4) is 0 Å². The fourth-order valence-corrected chi connectivity index (χ4v) is 1.29. The number of methoxy groups -OCH3 is 1. The standard InChI is InChI=1S/C10H9NO2.C2H4O2/c1-13-10(12)8-3-2-7-4-5-11-9(7)6-8;1-2(3)4/h2-6,11H,1H3;1H3,(H,3,4). The zero-order valence-electron chi connectivity index (χ0n) is 9.56. The number of rotatable bonds is 1. The van der Waals surface area contributed by atoms with E-state index in [1.54, 1.807) is 12.1 Å². The quantitative estimate of drug-likeness (QED) is 0.741. The first-order valence-corrected chi connectivity index (χ1v) is 4.89. The van der Waals surface area contributed by atoms with Crippen molar-refractivity contribution < 1.29 is 19.4 Å². The number of benzene rings is 1. The summed E-state index contributed by atoms with van der Waals surface area (Å²) in [6.45, 7) is 1.08. The highest BCUT2D eigenvalue weighted by molar-refractivity contribution is 5.94. The van der Waals surface area contributed by atoms with Crippen LogP contribution in [0.15, 0.2) is 30.5 Å². The lowest BCUT2D eigenvalue weighted by molar-refractivity contribution is -0.134. The Morgan fingerprint density at radius 3 is 2.53 bits per heavy atom. The van der Waals surface area contributed by atoms with E-state index in [0.29, 0.717) is 5.56 Å². The minimum Gasteiger partial charge on any atom is -0.481 e. The Bertz CT molecular complexity index is 526. The van der Waals surface area contributed by atoms with Crippen LogP contribution in [0.1, 0.15) is 17.3 Å². The van der Waals surface area contributed by atoms with Crippen LogP contribution in [0, 0.1) is 0 Å². The normalized spacial score (nSPS) is 9.29. The summed E-state index contributed by atoms with van der Waals surface area (Å²) in [7, 11) is 1.38. The number of nitrogens with one attached hydrogen (secondary N) is 1. The maximum atomic E-state index is 11.1. The molecule has 0 bridgehead atoms. The predicted molar refractivity (Wildman–Crippen MR) is 62.9 cm³/mol. The second-order valence-corrected chi connectivity index (χ2v) is 3.29. The molecule has 0 fully saturated rings. The van der Waals surface area contributed by atoms with Gasteiger partial charge in [0.15, 0.2) is 0 Å². The molecule has 0 radical (unpaired) electrons. The maximum Gasteiger partial charge on any atom is 0.337 e. The molecule has 90 valence electrons. The number of hydrogen-bond donors (Lipinski definition) is 2. The van der Waals surface area contributed by atoms with E-state index in [1.807, 2.05) is 18.3 Å². The molecule has 0 saturated carbocycles. The Kier molecular flexibility index (Phi) is 4.28. The molecule has 0 aliphatic rings.